The van der Waals surface area contributed by atoms with Gasteiger partial charge in [0.05, 0.1) is 30.4 Å². The highest BCUT2D eigenvalue weighted by molar-refractivity contribution is 5.93. The maximum Gasteiger partial charge on any atom is 0.308 e. The molecule has 3 heterocycles. The van der Waals surface area contributed by atoms with Crippen molar-refractivity contribution >= 4 is 11.9 Å². The largest absolute Gasteiger partial charge is 0.451 e. The van der Waals surface area contributed by atoms with Gasteiger partial charge in [-0.05, 0) is 24.3 Å². The van der Waals surface area contributed by atoms with Gasteiger partial charge in [0.25, 0.3) is 5.91 Å². The summed E-state index contributed by atoms with van der Waals surface area (Å²) in [7, 11) is 0. The van der Waals surface area contributed by atoms with Gasteiger partial charge in [-0.15, -0.1) is 0 Å². The molecule has 0 radical (unpaired) electrons. The number of aromatic nitrogens is 6. The molecule has 0 aliphatic carbocycles. The number of ether oxygens (including phenoxy) is 1. The Bertz CT molecular complexity index is 1410. The molecule has 0 fully saturated rings. The molecule has 1 amide bonds. The number of carbonyl (C=O) groups is 2. The fraction of sp³-hybridized carbons (Fsp3) is 0.240. The van der Waals surface area contributed by atoms with Gasteiger partial charge in [0, 0.05) is 36.5 Å². The minimum absolute atomic E-state index is 0.117. The Morgan fingerprint density at radius 1 is 1.08 bits per heavy atom. The number of amides is 1. The third-order valence-corrected chi connectivity index (χ3v) is 5.89. The van der Waals surface area contributed by atoms with Crippen molar-refractivity contribution in [1.29, 1.82) is 0 Å². The van der Waals surface area contributed by atoms with Crippen LogP contribution in [-0.4, -0.2) is 48.1 Å². The molecule has 3 aromatic heterocycles. The van der Waals surface area contributed by atoms with Gasteiger partial charge in [-0.2, -0.15) is 5.10 Å². The van der Waals surface area contributed by atoms with Crippen LogP contribution in [0, 0.1) is 17.5 Å². The molecule has 4 aromatic rings. The van der Waals surface area contributed by atoms with Crippen molar-refractivity contribution in [1.82, 2.24) is 35.0 Å². The summed E-state index contributed by atoms with van der Waals surface area (Å²) in [5.41, 5.74) is -2.05. The molecule has 10 nitrogen and oxygen atoms in total. The summed E-state index contributed by atoms with van der Waals surface area (Å²) in [4.78, 5) is 40.8. The van der Waals surface area contributed by atoms with E-state index in [1.165, 1.54) is 36.7 Å². The maximum atomic E-state index is 15.3. The van der Waals surface area contributed by atoms with Crippen molar-refractivity contribution in [3.63, 3.8) is 0 Å². The number of benzene rings is 1. The quantitative estimate of drug-likeness (QED) is 0.314. The van der Waals surface area contributed by atoms with Gasteiger partial charge >= 0.3 is 5.97 Å². The number of esters is 1. The zero-order valence-electron chi connectivity index (χ0n) is 20.1. The van der Waals surface area contributed by atoms with Crippen molar-refractivity contribution in [2.75, 3.05) is 6.54 Å². The molecule has 1 N–H and O–H groups in total. The summed E-state index contributed by atoms with van der Waals surface area (Å²) in [5.74, 6) is -5.10. The van der Waals surface area contributed by atoms with Crippen molar-refractivity contribution in [3.05, 3.63) is 102 Å². The molecule has 1 aromatic carbocycles. The highest BCUT2D eigenvalue weighted by Gasteiger charge is 2.47. The summed E-state index contributed by atoms with van der Waals surface area (Å²) >= 11 is 0. The van der Waals surface area contributed by atoms with E-state index in [0.717, 1.165) is 24.7 Å². The molecule has 0 spiro atoms. The topological polar surface area (TPSA) is 125 Å². The van der Waals surface area contributed by atoms with Gasteiger partial charge in [0.1, 0.15) is 30.6 Å². The van der Waals surface area contributed by atoms with E-state index < -0.39 is 40.8 Å². The van der Waals surface area contributed by atoms with E-state index in [0.29, 0.717) is 11.6 Å². The molecule has 2 atom stereocenters. The van der Waals surface area contributed by atoms with Crippen molar-refractivity contribution in [2.24, 2.45) is 0 Å². The number of hydrogen-bond acceptors (Lipinski definition) is 8. The van der Waals surface area contributed by atoms with E-state index in [4.69, 9.17) is 4.74 Å². The number of pyridine rings is 1. The lowest BCUT2D eigenvalue weighted by atomic mass is 9.79. The van der Waals surface area contributed by atoms with Crippen molar-refractivity contribution < 1.29 is 27.5 Å². The average molecular weight is 525 g/mol. The van der Waals surface area contributed by atoms with E-state index >= 15 is 4.39 Å². The molecule has 4 rings (SSSR count). The highest BCUT2D eigenvalue weighted by atomic mass is 19.1. The monoisotopic (exact) mass is 525 g/mol. The first-order valence-corrected chi connectivity index (χ1v) is 11.4. The standard InChI is InChI=1S/C25H22F3N7O3/c1-16(23-21(28)11-30-13-33-23)25(12-35-15-31-14-34-35,19-5-4-18(26)9-20(19)27)38-22(36)6-8-32-24(37)17-3-2-7-29-10-17/h2-5,7,9-11,13-16H,6,8,12H2,1H3,(H,32,37)/t16-,25+/m0/s1. The van der Waals surface area contributed by atoms with Gasteiger partial charge < -0.3 is 10.1 Å². The lowest BCUT2D eigenvalue weighted by Gasteiger charge is -2.39. The van der Waals surface area contributed by atoms with Crippen LogP contribution in [0.2, 0.25) is 0 Å². The zero-order chi connectivity index (χ0) is 27.1. The molecule has 0 aliphatic rings. The Kier molecular flexibility index (Phi) is 8.04. The molecule has 13 heteroatoms. The van der Waals surface area contributed by atoms with E-state index in [1.54, 1.807) is 12.1 Å². The molecule has 0 unspecified atom stereocenters. The highest BCUT2D eigenvalue weighted by Crippen LogP contribution is 2.43. The molecule has 196 valence electrons. The normalized spacial score (nSPS) is 13.4. The van der Waals surface area contributed by atoms with E-state index in [2.05, 4.69) is 30.4 Å². The van der Waals surface area contributed by atoms with E-state index in [1.807, 2.05) is 0 Å². The average Bonchev–Trinajstić information content (AvgIpc) is 3.41. The minimum Gasteiger partial charge on any atom is -0.451 e. The van der Waals surface area contributed by atoms with Crippen LogP contribution in [-0.2, 0) is 21.7 Å². The van der Waals surface area contributed by atoms with E-state index in [9.17, 15) is 18.4 Å². The molecule has 0 saturated heterocycles. The second-order valence-corrected chi connectivity index (χ2v) is 8.31. The Labute approximate surface area is 214 Å². The summed E-state index contributed by atoms with van der Waals surface area (Å²) in [5, 5.41) is 6.61. The van der Waals surface area contributed by atoms with Crippen LogP contribution in [0.15, 0.2) is 67.9 Å². The van der Waals surface area contributed by atoms with Crippen molar-refractivity contribution in [3.8, 4) is 0 Å². The fourth-order valence-corrected chi connectivity index (χ4v) is 4.01. The number of nitrogens with one attached hydrogen (secondary N) is 1. The van der Waals surface area contributed by atoms with Crippen LogP contribution >= 0.6 is 0 Å². The van der Waals surface area contributed by atoms with Gasteiger partial charge in [-0.1, -0.05) is 6.92 Å². The predicted octanol–water partition coefficient (Wildman–Crippen LogP) is 2.94. The van der Waals surface area contributed by atoms with Gasteiger partial charge in [-0.25, -0.2) is 32.8 Å². The third-order valence-electron chi connectivity index (χ3n) is 5.89. The summed E-state index contributed by atoms with van der Waals surface area (Å²) in [6, 6.07) is 5.90. The van der Waals surface area contributed by atoms with Crippen molar-refractivity contribution in [2.45, 2.75) is 31.4 Å². The third kappa shape index (κ3) is 5.82. The molecule has 0 bridgehead atoms. The lowest BCUT2D eigenvalue weighted by molar-refractivity contribution is -0.166. The molecule has 0 aliphatic heterocycles. The first-order valence-electron chi connectivity index (χ1n) is 11.4. The first-order chi connectivity index (χ1) is 18.3. The lowest BCUT2D eigenvalue weighted by Crippen LogP contribution is -2.43. The minimum atomic E-state index is -1.95. The van der Waals surface area contributed by atoms with Crippen LogP contribution in [0.5, 0.6) is 0 Å². The van der Waals surface area contributed by atoms with Crippen LogP contribution in [0.1, 0.15) is 40.9 Å². The molecule has 38 heavy (non-hydrogen) atoms. The van der Waals surface area contributed by atoms with E-state index in [-0.39, 0.29) is 30.8 Å². The second kappa shape index (κ2) is 11.6. The predicted molar refractivity (Wildman–Crippen MR) is 126 cm³/mol. The SMILES string of the molecule is C[C@@H](c1ncncc1F)[C@@](Cn1cncn1)(OC(=O)CCNC(=O)c1cccnc1)c1ccc(F)cc1F. The number of hydrogen-bond donors (Lipinski definition) is 1. The summed E-state index contributed by atoms with van der Waals surface area (Å²) < 4.78 is 51.1. The number of nitrogens with zero attached hydrogens (tertiary/aromatic N) is 6. The van der Waals surface area contributed by atoms with Crippen LogP contribution in [0.25, 0.3) is 0 Å². The van der Waals surface area contributed by atoms with Gasteiger partial charge in [0.15, 0.2) is 11.4 Å². The van der Waals surface area contributed by atoms with Crippen LogP contribution < -0.4 is 5.32 Å². The molecular formula is C25H22F3N7O3. The number of rotatable bonds is 10. The zero-order valence-corrected chi connectivity index (χ0v) is 20.1. The molecule has 0 saturated carbocycles. The van der Waals surface area contributed by atoms with Crippen LogP contribution in [0.3, 0.4) is 0 Å². The van der Waals surface area contributed by atoms with Gasteiger partial charge in [0.2, 0.25) is 0 Å². The Balaban J connectivity index is 1.68. The number of carbonyl (C=O) groups excluding carboxylic acids is 2. The van der Waals surface area contributed by atoms with Gasteiger partial charge in [-0.3, -0.25) is 14.6 Å². The smallest absolute Gasteiger partial charge is 0.308 e. The Hall–Kier alpha value is -4.68. The number of halogens is 3. The molecular weight excluding hydrogens is 503 g/mol. The Morgan fingerprint density at radius 3 is 2.61 bits per heavy atom. The first kappa shape index (κ1) is 26.4. The Morgan fingerprint density at radius 2 is 1.92 bits per heavy atom. The van der Waals surface area contributed by atoms with Crippen LogP contribution in [0.4, 0.5) is 13.2 Å². The summed E-state index contributed by atoms with van der Waals surface area (Å²) in [6.45, 7) is 1.06. The summed E-state index contributed by atoms with van der Waals surface area (Å²) in [6.07, 6.45) is 7.12. The second-order valence-electron chi connectivity index (χ2n) is 8.31. The fourth-order valence-electron chi connectivity index (χ4n) is 4.01. The maximum absolute atomic E-state index is 15.3.